The second-order valence-electron chi connectivity index (χ2n) is 6.74. The van der Waals surface area contributed by atoms with Crippen molar-refractivity contribution in [2.45, 2.75) is 0 Å². The first-order valence-electron chi connectivity index (χ1n) is 9.92. The maximum absolute atomic E-state index is 12.9. The van der Waals surface area contributed by atoms with Gasteiger partial charge in [0.25, 0.3) is 0 Å². The predicted octanol–water partition coefficient (Wildman–Crippen LogP) is 5.00. The van der Waals surface area contributed by atoms with E-state index in [1.807, 2.05) is 12.1 Å². The number of hydrogen-bond donors (Lipinski definition) is 0. The monoisotopic (exact) mass is 445 g/mol. The van der Waals surface area contributed by atoms with Gasteiger partial charge in [0.2, 0.25) is 0 Å². The molecule has 3 aromatic carbocycles. The zero-order valence-corrected chi connectivity index (χ0v) is 18.7. The van der Waals surface area contributed by atoms with Crippen molar-refractivity contribution in [3.05, 3.63) is 77.4 Å². The van der Waals surface area contributed by atoms with Crippen molar-refractivity contribution in [1.29, 1.82) is 5.26 Å². The quantitative estimate of drug-likeness (QED) is 0.209. The summed E-state index contributed by atoms with van der Waals surface area (Å²) in [6.07, 6.45) is 1.72. The van der Waals surface area contributed by atoms with Crippen LogP contribution >= 0.6 is 0 Å². The van der Waals surface area contributed by atoms with Gasteiger partial charge >= 0.3 is 5.97 Å². The number of nitrogens with zero attached hydrogens (tertiary/aromatic N) is 1. The summed E-state index contributed by atoms with van der Waals surface area (Å²) in [6, 6.07) is 19.4. The van der Waals surface area contributed by atoms with Gasteiger partial charge in [0.1, 0.15) is 22.8 Å². The number of methoxy groups -OCH3 is 4. The summed E-state index contributed by atoms with van der Waals surface area (Å²) in [5.41, 5.74) is 2.08. The van der Waals surface area contributed by atoms with Gasteiger partial charge in [-0.2, -0.15) is 5.26 Å². The van der Waals surface area contributed by atoms with Crippen molar-refractivity contribution in [3.8, 4) is 34.8 Å². The van der Waals surface area contributed by atoms with Crippen LogP contribution in [0.4, 0.5) is 0 Å². The molecule has 0 N–H and O–H groups in total. The summed E-state index contributed by atoms with van der Waals surface area (Å²) in [5, 5.41) is 9.62. The molecule has 168 valence electrons. The van der Waals surface area contributed by atoms with Crippen molar-refractivity contribution < 1.29 is 28.5 Å². The highest BCUT2D eigenvalue weighted by Gasteiger charge is 2.22. The Labute approximate surface area is 192 Å². The van der Waals surface area contributed by atoms with Gasteiger partial charge in [-0.05, 0) is 65.7 Å². The standard InChI is InChI=1S/C26H23NO6/c1-29-20-11-9-18(10-12-20)19(16-27)14-17-8-13-21(24(15-17)32-4)33-26(28)25-22(30-2)6-5-7-23(25)31-3/h5-15H,1-4H3/b19-14-. The molecule has 0 aliphatic heterocycles. The predicted molar refractivity (Wildman–Crippen MR) is 124 cm³/mol. The van der Waals surface area contributed by atoms with E-state index < -0.39 is 5.97 Å². The van der Waals surface area contributed by atoms with Crippen LogP contribution in [0.5, 0.6) is 28.7 Å². The maximum Gasteiger partial charge on any atom is 0.351 e. The fourth-order valence-corrected chi connectivity index (χ4v) is 3.18. The normalized spacial score (nSPS) is 10.7. The molecular weight excluding hydrogens is 422 g/mol. The summed E-state index contributed by atoms with van der Waals surface area (Å²) in [4.78, 5) is 12.9. The zero-order chi connectivity index (χ0) is 23.8. The Morgan fingerprint density at radius 2 is 1.42 bits per heavy atom. The molecule has 33 heavy (non-hydrogen) atoms. The summed E-state index contributed by atoms with van der Waals surface area (Å²) >= 11 is 0. The van der Waals surface area contributed by atoms with Gasteiger partial charge in [-0.3, -0.25) is 0 Å². The molecule has 0 saturated heterocycles. The van der Waals surface area contributed by atoms with Gasteiger partial charge in [-0.1, -0.05) is 12.1 Å². The van der Waals surface area contributed by atoms with Gasteiger partial charge in [-0.25, -0.2) is 4.79 Å². The lowest BCUT2D eigenvalue weighted by atomic mass is 10.0. The number of carbonyl (C=O) groups is 1. The topological polar surface area (TPSA) is 87.0 Å². The molecule has 7 nitrogen and oxygen atoms in total. The van der Waals surface area contributed by atoms with Gasteiger partial charge in [0.15, 0.2) is 11.5 Å². The molecule has 0 unspecified atom stereocenters. The Morgan fingerprint density at radius 1 is 0.788 bits per heavy atom. The van der Waals surface area contributed by atoms with E-state index in [-0.39, 0.29) is 11.3 Å². The van der Waals surface area contributed by atoms with E-state index in [0.29, 0.717) is 34.1 Å². The number of nitriles is 1. The number of ether oxygens (including phenoxy) is 5. The van der Waals surface area contributed by atoms with Gasteiger partial charge in [0.05, 0.1) is 40.1 Å². The van der Waals surface area contributed by atoms with Crippen LogP contribution in [0, 0.1) is 11.3 Å². The lowest BCUT2D eigenvalue weighted by Crippen LogP contribution is -2.12. The molecule has 0 amide bonds. The first kappa shape index (κ1) is 23.2. The Kier molecular flexibility index (Phi) is 7.55. The van der Waals surface area contributed by atoms with E-state index in [2.05, 4.69) is 6.07 Å². The fourth-order valence-electron chi connectivity index (χ4n) is 3.18. The Bertz CT molecular complexity index is 1190. The molecule has 7 heteroatoms. The van der Waals surface area contributed by atoms with Crippen LogP contribution in [0.1, 0.15) is 21.5 Å². The molecule has 0 spiro atoms. The molecule has 0 aliphatic rings. The second-order valence-corrected chi connectivity index (χ2v) is 6.74. The van der Waals surface area contributed by atoms with E-state index in [0.717, 1.165) is 5.56 Å². The molecule has 0 heterocycles. The highest BCUT2D eigenvalue weighted by molar-refractivity contribution is 5.97. The summed E-state index contributed by atoms with van der Waals surface area (Å²) < 4.78 is 26.7. The van der Waals surface area contributed by atoms with Crippen molar-refractivity contribution in [2.24, 2.45) is 0 Å². The molecule has 0 aliphatic carbocycles. The first-order chi connectivity index (χ1) is 16.0. The van der Waals surface area contributed by atoms with Crippen molar-refractivity contribution in [1.82, 2.24) is 0 Å². The average Bonchev–Trinajstić information content (AvgIpc) is 2.87. The number of esters is 1. The van der Waals surface area contributed by atoms with E-state index in [9.17, 15) is 10.1 Å². The third kappa shape index (κ3) is 5.25. The molecule has 0 atom stereocenters. The van der Waals surface area contributed by atoms with Crippen LogP contribution < -0.4 is 23.7 Å². The lowest BCUT2D eigenvalue weighted by molar-refractivity contribution is 0.0722. The van der Waals surface area contributed by atoms with Crippen LogP contribution in [-0.2, 0) is 0 Å². The van der Waals surface area contributed by atoms with E-state index in [1.54, 1.807) is 61.7 Å². The highest BCUT2D eigenvalue weighted by Crippen LogP contribution is 2.34. The fraction of sp³-hybridized carbons (Fsp3) is 0.154. The first-order valence-corrected chi connectivity index (χ1v) is 9.92. The molecule has 3 rings (SSSR count). The SMILES string of the molecule is COc1ccc(/C(C#N)=C\c2ccc(OC(=O)c3c(OC)cccc3OC)c(OC)c2)cc1. The van der Waals surface area contributed by atoms with Crippen molar-refractivity contribution in [2.75, 3.05) is 28.4 Å². The minimum Gasteiger partial charge on any atom is -0.497 e. The Morgan fingerprint density at radius 3 is 1.97 bits per heavy atom. The van der Waals surface area contributed by atoms with Crippen molar-refractivity contribution in [3.63, 3.8) is 0 Å². The van der Waals surface area contributed by atoms with Crippen LogP contribution in [0.15, 0.2) is 60.7 Å². The summed E-state index contributed by atoms with van der Waals surface area (Å²) in [7, 11) is 5.98. The van der Waals surface area contributed by atoms with Crippen LogP contribution in [0.2, 0.25) is 0 Å². The zero-order valence-electron chi connectivity index (χ0n) is 18.7. The molecular formula is C26H23NO6. The number of carbonyl (C=O) groups excluding carboxylic acids is 1. The minimum atomic E-state index is -0.651. The number of allylic oxidation sites excluding steroid dienone is 1. The Balaban J connectivity index is 1.91. The number of rotatable bonds is 8. The van der Waals surface area contributed by atoms with Gasteiger partial charge in [-0.15, -0.1) is 0 Å². The third-order valence-corrected chi connectivity index (χ3v) is 4.85. The van der Waals surface area contributed by atoms with E-state index >= 15 is 0 Å². The third-order valence-electron chi connectivity index (χ3n) is 4.85. The van der Waals surface area contributed by atoms with Gasteiger partial charge < -0.3 is 23.7 Å². The van der Waals surface area contributed by atoms with Gasteiger partial charge in [0, 0.05) is 0 Å². The average molecular weight is 445 g/mol. The smallest absolute Gasteiger partial charge is 0.351 e. The summed E-state index contributed by atoms with van der Waals surface area (Å²) in [5.74, 6) is 1.26. The van der Waals surface area contributed by atoms with E-state index in [1.165, 1.54) is 21.3 Å². The molecule has 0 saturated carbocycles. The molecule has 3 aromatic rings. The minimum absolute atomic E-state index is 0.166. The largest absolute Gasteiger partial charge is 0.497 e. The number of hydrogen-bond acceptors (Lipinski definition) is 7. The van der Waals surface area contributed by atoms with E-state index in [4.69, 9.17) is 23.7 Å². The van der Waals surface area contributed by atoms with Crippen molar-refractivity contribution >= 4 is 17.6 Å². The van der Waals surface area contributed by atoms with Crippen LogP contribution in [0.3, 0.4) is 0 Å². The highest BCUT2D eigenvalue weighted by atomic mass is 16.6. The number of benzene rings is 3. The molecule has 0 bridgehead atoms. The Hall–Kier alpha value is -4.44. The molecule has 0 fully saturated rings. The van der Waals surface area contributed by atoms with Crippen LogP contribution in [-0.4, -0.2) is 34.4 Å². The summed E-state index contributed by atoms with van der Waals surface area (Å²) in [6.45, 7) is 0. The lowest BCUT2D eigenvalue weighted by Gasteiger charge is -2.14. The second kappa shape index (κ2) is 10.7. The maximum atomic E-state index is 12.9. The molecule has 0 aromatic heterocycles. The molecule has 0 radical (unpaired) electrons. The van der Waals surface area contributed by atoms with Crippen LogP contribution in [0.25, 0.3) is 11.6 Å².